The number of anilines is 1. The third-order valence-corrected chi connectivity index (χ3v) is 6.86. The molecule has 2 aromatic carbocycles. The quantitative estimate of drug-likeness (QED) is 0.470. The minimum absolute atomic E-state index is 0.0275. The summed E-state index contributed by atoms with van der Waals surface area (Å²) in [4.78, 5) is 27.0. The van der Waals surface area contributed by atoms with Crippen molar-refractivity contribution in [1.82, 2.24) is 10.2 Å². The molecule has 3 rings (SSSR count). The van der Waals surface area contributed by atoms with E-state index in [0.29, 0.717) is 19.2 Å². The van der Waals surface area contributed by atoms with Gasteiger partial charge in [0.15, 0.2) is 0 Å². The molecule has 0 spiro atoms. The summed E-state index contributed by atoms with van der Waals surface area (Å²) >= 11 is 1.48. The van der Waals surface area contributed by atoms with Gasteiger partial charge in [-0.2, -0.15) is 0 Å². The van der Waals surface area contributed by atoms with Gasteiger partial charge in [0.2, 0.25) is 11.8 Å². The monoisotopic (exact) mass is 485 g/mol. The highest BCUT2D eigenvalue weighted by molar-refractivity contribution is 8.00. The van der Waals surface area contributed by atoms with Crippen molar-refractivity contribution in [2.24, 2.45) is 0 Å². The Bertz CT molecular complexity index is 932. The van der Waals surface area contributed by atoms with E-state index in [-0.39, 0.29) is 17.1 Å². The third kappa shape index (κ3) is 8.66. The molecule has 1 heterocycles. The van der Waals surface area contributed by atoms with E-state index in [2.05, 4.69) is 22.6 Å². The molecule has 8 heteroatoms. The molecular formula is C26H35N3O4S. The lowest BCUT2D eigenvalue weighted by atomic mass is 10.1. The highest BCUT2D eigenvalue weighted by Gasteiger charge is 2.18. The van der Waals surface area contributed by atoms with E-state index in [4.69, 9.17) is 9.47 Å². The standard InChI is InChI=1S/C26H35N3O4S/c1-19(34-25-9-7-22(8-10-25)28-20(2)30)26(31)27-18-21-5-4-6-24(17-21)33-16-13-29(3)23-11-14-32-15-12-23/h4-10,17,19,23H,11-16,18H2,1-3H3,(H,27,31)(H,28,30). The molecular weight excluding hydrogens is 450 g/mol. The summed E-state index contributed by atoms with van der Waals surface area (Å²) in [6.45, 7) is 6.98. The van der Waals surface area contributed by atoms with Crippen LogP contribution in [0, 0.1) is 0 Å². The van der Waals surface area contributed by atoms with Gasteiger partial charge < -0.3 is 20.1 Å². The van der Waals surface area contributed by atoms with Gasteiger partial charge in [0.25, 0.3) is 0 Å². The molecule has 1 fully saturated rings. The Hall–Kier alpha value is -2.55. The molecule has 34 heavy (non-hydrogen) atoms. The average molecular weight is 486 g/mol. The third-order valence-electron chi connectivity index (χ3n) is 5.75. The molecule has 2 aromatic rings. The van der Waals surface area contributed by atoms with E-state index in [9.17, 15) is 9.59 Å². The van der Waals surface area contributed by atoms with Crippen LogP contribution < -0.4 is 15.4 Å². The molecule has 0 aliphatic carbocycles. The van der Waals surface area contributed by atoms with Gasteiger partial charge in [0.05, 0.1) is 5.25 Å². The van der Waals surface area contributed by atoms with Crippen LogP contribution in [0.25, 0.3) is 0 Å². The Morgan fingerprint density at radius 3 is 2.62 bits per heavy atom. The van der Waals surface area contributed by atoms with Crippen molar-refractivity contribution in [1.29, 1.82) is 0 Å². The summed E-state index contributed by atoms with van der Waals surface area (Å²) in [6.07, 6.45) is 2.15. The van der Waals surface area contributed by atoms with Gasteiger partial charge in [-0.25, -0.2) is 0 Å². The zero-order valence-corrected chi connectivity index (χ0v) is 21.0. The van der Waals surface area contributed by atoms with Gasteiger partial charge in [-0.3, -0.25) is 14.5 Å². The fourth-order valence-corrected chi connectivity index (χ4v) is 4.66. The summed E-state index contributed by atoms with van der Waals surface area (Å²) in [6, 6.07) is 15.9. The van der Waals surface area contributed by atoms with Crippen LogP contribution in [0.2, 0.25) is 0 Å². The molecule has 1 saturated heterocycles. The van der Waals surface area contributed by atoms with Crippen LogP contribution in [0.15, 0.2) is 53.4 Å². The number of hydrogen-bond acceptors (Lipinski definition) is 6. The van der Waals surface area contributed by atoms with Gasteiger partial charge in [-0.15, -0.1) is 11.8 Å². The molecule has 2 N–H and O–H groups in total. The summed E-state index contributed by atoms with van der Waals surface area (Å²) < 4.78 is 11.4. The maximum Gasteiger partial charge on any atom is 0.233 e. The van der Waals surface area contributed by atoms with Crippen LogP contribution in [0.5, 0.6) is 5.75 Å². The summed E-state index contributed by atoms with van der Waals surface area (Å²) in [5.41, 5.74) is 1.74. The van der Waals surface area contributed by atoms with E-state index in [0.717, 1.165) is 54.5 Å². The van der Waals surface area contributed by atoms with Crippen LogP contribution >= 0.6 is 11.8 Å². The molecule has 1 aliphatic heterocycles. The number of carbonyl (C=O) groups is 2. The molecule has 0 saturated carbocycles. The van der Waals surface area contributed by atoms with Crippen molar-refractivity contribution in [3.8, 4) is 5.75 Å². The maximum atomic E-state index is 12.6. The maximum absolute atomic E-state index is 12.6. The molecule has 184 valence electrons. The molecule has 7 nitrogen and oxygen atoms in total. The number of carbonyl (C=O) groups excluding carboxylic acids is 2. The lowest BCUT2D eigenvalue weighted by molar-refractivity contribution is -0.120. The van der Waals surface area contributed by atoms with Crippen LogP contribution in [-0.4, -0.2) is 61.4 Å². The van der Waals surface area contributed by atoms with Gasteiger partial charge in [0.1, 0.15) is 12.4 Å². The van der Waals surface area contributed by atoms with Gasteiger partial charge in [-0.05, 0) is 68.8 Å². The molecule has 1 unspecified atom stereocenters. The normalized spacial score (nSPS) is 15.1. The number of hydrogen-bond donors (Lipinski definition) is 2. The number of nitrogens with zero attached hydrogens (tertiary/aromatic N) is 1. The Morgan fingerprint density at radius 1 is 1.18 bits per heavy atom. The minimum atomic E-state index is -0.244. The van der Waals surface area contributed by atoms with E-state index in [1.165, 1.54) is 18.7 Å². The summed E-state index contributed by atoms with van der Waals surface area (Å²) in [5.74, 6) is 0.680. The number of rotatable bonds is 11. The van der Waals surface area contributed by atoms with Crippen LogP contribution in [0.4, 0.5) is 5.69 Å². The van der Waals surface area contributed by atoms with Gasteiger partial charge in [0, 0.05) is 49.9 Å². The van der Waals surface area contributed by atoms with Crippen molar-refractivity contribution in [2.75, 3.05) is 38.7 Å². The molecule has 0 aromatic heterocycles. The van der Waals surface area contributed by atoms with Crippen molar-refractivity contribution < 1.29 is 19.1 Å². The Labute approximate surface area is 206 Å². The van der Waals surface area contributed by atoms with Gasteiger partial charge in [-0.1, -0.05) is 12.1 Å². The lowest BCUT2D eigenvalue weighted by Crippen LogP contribution is -2.38. The lowest BCUT2D eigenvalue weighted by Gasteiger charge is -2.31. The highest BCUT2D eigenvalue weighted by atomic mass is 32.2. The van der Waals surface area contributed by atoms with Crippen molar-refractivity contribution in [3.63, 3.8) is 0 Å². The van der Waals surface area contributed by atoms with E-state index < -0.39 is 0 Å². The zero-order valence-electron chi connectivity index (χ0n) is 20.2. The second-order valence-corrected chi connectivity index (χ2v) is 9.92. The predicted octanol–water partition coefficient (Wildman–Crippen LogP) is 3.93. The van der Waals surface area contributed by atoms with Crippen molar-refractivity contribution in [3.05, 3.63) is 54.1 Å². The fourth-order valence-electron chi connectivity index (χ4n) is 3.77. The van der Waals surface area contributed by atoms with E-state index >= 15 is 0 Å². The smallest absolute Gasteiger partial charge is 0.233 e. The minimum Gasteiger partial charge on any atom is -0.492 e. The summed E-state index contributed by atoms with van der Waals surface area (Å²) in [5, 5.41) is 5.50. The number of nitrogens with one attached hydrogen (secondary N) is 2. The average Bonchev–Trinajstić information content (AvgIpc) is 2.84. The predicted molar refractivity (Wildman–Crippen MR) is 136 cm³/mol. The first-order chi connectivity index (χ1) is 16.4. The van der Waals surface area contributed by atoms with E-state index in [1.807, 2.05) is 55.5 Å². The van der Waals surface area contributed by atoms with Crippen LogP contribution in [0.1, 0.15) is 32.3 Å². The first kappa shape index (κ1) is 26.1. The number of amides is 2. The first-order valence-corrected chi connectivity index (χ1v) is 12.6. The molecule has 2 amide bonds. The van der Waals surface area contributed by atoms with Crippen LogP contribution in [-0.2, 0) is 20.9 Å². The summed E-state index contributed by atoms with van der Waals surface area (Å²) in [7, 11) is 2.14. The largest absolute Gasteiger partial charge is 0.492 e. The molecule has 0 bridgehead atoms. The Kier molecular flexibility index (Phi) is 10.2. The molecule has 1 atom stereocenters. The Morgan fingerprint density at radius 2 is 1.91 bits per heavy atom. The van der Waals surface area contributed by atoms with E-state index in [1.54, 1.807) is 0 Å². The molecule has 0 radical (unpaired) electrons. The number of likely N-dealkylation sites (N-methyl/N-ethyl adjacent to an activating group) is 1. The zero-order chi connectivity index (χ0) is 24.3. The molecule has 1 aliphatic rings. The topological polar surface area (TPSA) is 79.9 Å². The van der Waals surface area contributed by atoms with Gasteiger partial charge >= 0.3 is 0 Å². The SMILES string of the molecule is CC(=O)Nc1ccc(SC(C)C(=O)NCc2cccc(OCCN(C)C3CCOCC3)c2)cc1. The first-order valence-electron chi connectivity index (χ1n) is 11.7. The number of ether oxygens (including phenoxy) is 2. The van der Waals surface area contributed by atoms with Crippen LogP contribution in [0.3, 0.4) is 0 Å². The fraction of sp³-hybridized carbons (Fsp3) is 0.462. The Balaban J connectivity index is 1.40. The van der Waals surface area contributed by atoms with Crippen molar-refractivity contribution in [2.45, 2.75) is 49.4 Å². The number of benzene rings is 2. The number of thioether (sulfide) groups is 1. The second-order valence-electron chi connectivity index (χ2n) is 8.50. The second kappa shape index (κ2) is 13.4. The van der Waals surface area contributed by atoms with Crippen molar-refractivity contribution >= 4 is 29.3 Å². The highest BCUT2D eigenvalue weighted by Crippen LogP contribution is 2.25.